The third-order valence-corrected chi connectivity index (χ3v) is 5.38. The number of hydrogen-bond donors (Lipinski definition) is 1. The second kappa shape index (κ2) is 8.44. The molecule has 0 spiro atoms. The number of hydrogen-bond acceptors (Lipinski definition) is 4. The minimum absolute atomic E-state index is 0.0814. The number of methoxy groups -OCH3 is 1. The molecule has 2 aromatic rings. The Morgan fingerprint density at radius 1 is 1.19 bits per heavy atom. The van der Waals surface area contributed by atoms with E-state index in [0.717, 1.165) is 16.9 Å². The molecule has 1 heterocycles. The molecule has 5 heteroatoms. The van der Waals surface area contributed by atoms with E-state index in [9.17, 15) is 9.90 Å². The van der Waals surface area contributed by atoms with Crippen LogP contribution in [0.1, 0.15) is 43.4 Å². The van der Waals surface area contributed by atoms with Crippen LogP contribution in [0.3, 0.4) is 0 Å². The van der Waals surface area contributed by atoms with Crippen LogP contribution in [0, 0.1) is 0 Å². The highest BCUT2D eigenvalue weighted by atomic mass is 16.6. The minimum Gasteiger partial charge on any atom is -0.497 e. The zero-order chi connectivity index (χ0) is 19.3. The number of aliphatic hydroxyl groups excluding tert-OH is 1. The maximum atomic E-state index is 12.9. The van der Waals surface area contributed by atoms with Gasteiger partial charge in [-0.15, -0.1) is 0 Å². The van der Waals surface area contributed by atoms with Gasteiger partial charge in [-0.1, -0.05) is 42.5 Å². The van der Waals surface area contributed by atoms with Crippen molar-refractivity contribution in [3.63, 3.8) is 0 Å². The van der Waals surface area contributed by atoms with Gasteiger partial charge in [0.1, 0.15) is 11.4 Å². The zero-order valence-electron chi connectivity index (χ0n) is 15.9. The van der Waals surface area contributed by atoms with E-state index in [2.05, 4.69) is 0 Å². The van der Waals surface area contributed by atoms with E-state index in [1.165, 1.54) is 0 Å². The highest BCUT2D eigenvalue weighted by Gasteiger charge is 2.43. The molecule has 0 saturated carbocycles. The van der Waals surface area contributed by atoms with Crippen LogP contribution in [-0.2, 0) is 10.3 Å². The highest BCUT2D eigenvalue weighted by molar-refractivity contribution is 5.70. The Morgan fingerprint density at radius 2 is 1.89 bits per heavy atom. The van der Waals surface area contributed by atoms with Crippen molar-refractivity contribution in [1.29, 1.82) is 0 Å². The van der Waals surface area contributed by atoms with Gasteiger partial charge in [-0.2, -0.15) is 0 Å². The maximum absolute atomic E-state index is 12.9. The molecule has 0 bridgehead atoms. The quantitative estimate of drug-likeness (QED) is 0.792. The number of rotatable bonds is 7. The number of amides is 1. The maximum Gasteiger partial charge on any atom is 0.411 e. The van der Waals surface area contributed by atoms with Crippen LogP contribution < -0.4 is 4.74 Å². The fourth-order valence-corrected chi connectivity index (χ4v) is 3.71. The summed E-state index contributed by atoms with van der Waals surface area (Å²) in [6.45, 7) is 2.69. The van der Waals surface area contributed by atoms with Crippen LogP contribution in [0.25, 0.3) is 0 Å². The largest absolute Gasteiger partial charge is 0.497 e. The number of cyclic esters (lactones) is 1. The molecule has 1 aliphatic heterocycles. The Labute approximate surface area is 160 Å². The molecule has 1 N–H and O–H groups in total. The number of benzene rings is 2. The third-order valence-electron chi connectivity index (χ3n) is 5.38. The normalized spacial score (nSPS) is 20.9. The number of nitrogens with zero attached hydrogens (tertiary/aromatic N) is 1. The number of carbonyl (C=O) groups is 1. The van der Waals surface area contributed by atoms with E-state index >= 15 is 0 Å². The standard InChI is InChI=1S/C22H27NO4/c1-17(18-9-11-20(26-2)12-10-18)23-15-14-22(13-6-16-24,27-21(23)25)19-7-4-3-5-8-19/h3-5,7-12,17,24H,6,13-16H2,1-2H3. The summed E-state index contributed by atoms with van der Waals surface area (Å²) in [4.78, 5) is 14.7. The number of ether oxygens (including phenoxy) is 2. The molecule has 2 unspecified atom stereocenters. The van der Waals surface area contributed by atoms with Crippen LogP contribution in [0.2, 0.25) is 0 Å². The molecule has 1 saturated heterocycles. The summed E-state index contributed by atoms with van der Waals surface area (Å²) in [6.07, 6.45) is 1.59. The summed E-state index contributed by atoms with van der Waals surface area (Å²) >= 11 is 0. The van der Waals surface area contributed by atoms with Crippen molar-refractivity contribution in [2.24, 2.45) is 0 Å². The lowest BCUT2D eigenvalue weighted by Gasteiger charge is -2.43. The number of carbonyl (C=O) groups excluding carboxylic acids is 1. The molecule has 3 rings (SSSR count). The van der Waals surface area contributed by atoms with Gasteiger partial charge in [0, 0.05) is 19.6 Å². The summed E-state index contributed by atoms with van der Waals surface area (Å²) in [5.41, 5.74) is 1.36. The lowest BCUT2D eigenvalue weighted by Crippen LogP contribution is -2.48. The van der Waals surface area contributed by atoms with E-state index in [4.69, 9.17) is 9.47 Å². The van der Waals surface area contributed by atoms with Gasteiger partial charge in [-0.3, -0.25) is 0 Å². The molecule has 2 atom stereocenters. The SMILES string of the molecule is COc1ccc(C(C)N2CCC(CCCO)(c3ccccc3)OC2=O)cc1. The van der Waals surface area contributed by atoms with Crippen LogP contribution >= 0.6 is 0 Å². The Hall–Kier alpha value is -2.53. The minimum atomic E-state index is -0.669. The summed E-state index contributed by atoms with van der Waals surface area (Å²) in [6, 6.07) is 17.5. The molecule has 0 aliphatic carbocycles. The van der Waals surface area contributed by atoms with Crippen molar-refractivity contribution in [2.75, 3.05) is 20.3 Å². The van der Waals surface area contributed by atoms with Crippen LogP contribution in [0.15, 0.2) is 54.6 Å². The Kier molecular flexibility index (Phi) is 6.01. The van der Waals surface area contributed by atoms with E-state index in [1.807, 2.05) is 61.5 Å². The zero-order valence-corrected chi connectivity index (χ0v) is 15.9. The summed E-state index contributed by atoms with van der Waals surface area (Å²) in [7, 11) is 1.63. The van der Waals surface area contributed by atoms with Gasteiger partial charge in [-0.05, 0) is 43.0 Å². The highest BCUT2D eigenvalue weighted by Crippen LogP contribution is 2.40. The Bertz CT molecular complexity index is 747. The molecular weight excluding hydrogens is 342 g/mol. The van der Waals surface area contributed by atoms with Crippen molar-refractivity contribution in [2.45, 2.75) is 37.8 Å². The molecule has 144 valence electrons. The van der Waals surface area contributed by atoms with Crippen molar-refractivity contribution in [3.05, 3.63) is 65.7 Å². The second-order valence-electron chi connectivity index (χ2n) is 6.95. The van der Waals surface area contributed by atoms with Crippen molar-refractivity contribution in [3.8, 4) is 5.75 Å². The molecule has 0 aromatic heterocycles. The van der Waals surface area contributed by atoms with Gasteiger partial charge in [0.25, 0.3) is 0 Å². The van der Waals surface area contributed by atoms with Gasteiger partial charge in [0.2, 0.25) is 0 Å². The molecule has 1 fully saturated rings. The predicted molar refractivity (Wildman–Crippen MR) is 104 cm³/mol. The van der Waals surface area contributed by atoms with Gasteiger partial charge < -0.3 is 19.5 Å². The van der Waals surface area contributed by atoms with E-state index in [-0.39, 0.29) is 18.7 Å². The monoisotopic (exact) mass is 369 g/mol. The average Bonchev–Trinajstić information content (AvgIpc) is 2.72. The smallest absolute Gasteiger partial charge is 0.411 e. The second-order valence-corrected chi connectivity index (χ2v) is 6.95. The molecule has 1 amide bonds. The lowest BCUT2D eigenvalue weighted by atomic mass is 9.84. The van der Waals surface area contributed by atoms with Crippen LogP contribution in [0.4, 0.5) is 4.79 Å². The third kappa shape index (κ3) is 4.08. The molecule has 1 aliphatic rings. The fourth-order valence-electron chi connectivity index (χ4n) is 3.71. The molecule has 5 nitrogen and oxygen atoms in total. The lowest BCUT2D eigenvalue weighted by molar-refractivity contribution is -0.0680. The van der Waals surface area contributed by atoms with Gasteiger partial charge in [0.05, 0.1) is 13.2 Å². The molecule has 27 heavy (non-hydrogen) atoms. The number of aliphatic hydroxyl groups is 1. The fraction of sp³-hybridized carbons (Fsp3) is 0.409. The van der Waals surface area contributed by atoms with E-state index < -0.39 is 5.60 Å². The first kappa shape index (κ1) is 19.2. The van der Waals surface area contributed by atoms with Crippen molar-refractivity contribution < 1.29 is 19.4 Å². The Morgan fingerprint density at radius 3 is 2.48 bits per heavy atom. The van der Waals surface area contributed by atoms with Gasteiger partial charge in [-0.25, -0.2) is 4.79 Å². The summed E-state index contributed by atoms with van der Waals surface area (Å²) in [5, 5.41) is 9.29. The van der Waals surface area contributed by atoms with Gasteiger partial charge in [0.15, 0.2) is 0 Å². The molecule has 2 aromatic carbocycles. The average molecular weight is 369 g/mol. The Balaban J connectivity index is 1.78. The topological polar surface area (TPSA) is 59.0 Å². The molecule has 0 radical (unpaired) electrons. The first-order valence-corrected chi connectivity index (χ1v) is 9.39. The molecular formula is C22H27NO4. The van der Waals surface area contributed by atoms with E-state index in [0.29, 0.717) is 25.8 Å². The first-order valence-electron chi connectivity index (χ1n) is 9.39. The van der Waals surface area contributed by atoms with Crippen molar-refractivity contribution >= 4 is 6.09 Å². The van der Waals surface area contributed by atoms with Crippen molar-refractivity contribution in [1.82, 2.24) is 4.90 Å². The predicted octanol–water partition coefficient (Wildman–Crippen LogP) is 4.27. The van der Waals surface area contributed by atoms with Gasteiger partial charge >= 0.3 is 6.09 Å². The van der Waals surface area contributed by atoms with Crippen LogP contribution in [-0.4, -0.2) is 36.4 Å². The van der Waals surface area contributed by atoms with Crippen LogP contribution in [0.5, 0.6) is 5.75 Å². The summed E-state index contributed by atoms with van der Waals surface area (Å²) in [5.74, 6) is 0.791. The van der Waals surface area contributed by atoms with E-state index in [1.54, 1.807) is 12.0 Å². The first-order chi connectivity index (χ1) is 13.1. The summed E-state index contributed by atoms with van der Waals surface area (Å²) < 4.78 is 11.2.